The number of rotatable bonds is 5. The predicted molar refractivity (Wildman–Crippen MR) is 105 cm³/mol. The quantitative estimate of drug-likeness (QED) is 0.866. The molecule has 0 spiro atoms. The van der Waals surface area contributed by atoms with Gasteiger partial charge in [0.2, 0.25) is 0 Å². The van der Waals surface area contributed by atoms with Crippen molar-refractivity contribution in [1.29, 1.82) is 0 Å². The van der Waals surface area contributed by atoms with Crippen molar-refractivity contribution in [1.82, 2.24) is 10.6 Å². The van der Waals surface area contributed by atoms with Gasteiger partial charge in [0.1, 0.15) is 5.75 Å². The fourth-order valence-electron chi connectivity index (χ4n) is 3.34. The van der Waals surface area contributed by atoms with E-state index in [0.717, 1.165) is 37.2 Å². The number of nitrogens with one attached hydrogen (secondary N) is 2. The van der Waals surface area contributed by atoms with Crippen molar-refractivity contribution >= 4 is 11.7 Å². The fraction of sp³-hybridized carbons (Fsp3) is 0.381. The zero-order chi connectivity index (χ0) is 18.4. The van der Waals surface area contributed by atoms with E-state index in [1.165, 1.54) is 5.56 Å². The first-order valence-electron chi connectivity index (χ1n) is 9.11. The van der Waals surface area contributed by atoms with E-state index in [9.17, 15) is 4.79 Å². The monoisotopic (exact) mass is 353 g/mol. The highest BCUT2D eigenvalue weighted by atomic mass is 16.5. The molecular weight excluding hydrogens is 326 g/mol. The summed E-state index contributed by atoms with van der Waals surface area (Å²) >= 11 is 0. The SMILES string of the molecule is COc1cccc(N(C)C(=O)N[C@@H]2CC[C@@H](Cc3ccccc3)CN2)c1. The Balaban J connectivity index is 1.48. The minimum absolute atomic E-state index is 0.0163. The molecule has 1 fully saturated rings. The van der Waals surface area contributed by atoms with Crippen molar-refractivity contribution in [2.75, 3.05) is 25.6 Å². The van der Waals surface area contributed by atoms with Gasteiger partial charge in [-0.25, -0.2) is 4.79 Å². The highest BCUT2D eigenvalue weighted by Gasteiger charge is 2.23. The summed E-state index contributed by atoms with van der Waals surface area (Å²) in [5.41, 5.74) is 2.18. The largest absolute Gasteiger partial charge is 0.497 e. The molecule has 5 nitrogen and oxygen atoms in total. The van der Waals surface area contributed by atoms with E-state index in [1.807, 2.05) is 30.3 Å². The molecule has 2 aromatic carbocycles. The third-order valence-electron chi connectivity index (χ3n) is 4.93. The molecular formula is C21H27N3O2. The van der Waals surface area contributed by atoms with Gasteiger partial charge in [0.25, 0.3) is 0 Å². The predicted octanol–water partition coefficient (Wildman–Crippen LogP) is 3.41. The Labute approximate surface area is 155 Å². The maximum atomic E-state index is 12.5. The molecule has 0 radical (unpaired) electrons. The van der Waals surface area contributed by atoms with Crippen LogP contribution in [0.3, 0.4) is 0 Å². The van der Waals surface area contributed by atoms with Crippen LogP contribution < -0.4 is 20.3 Å². The van der Waals surface area contributed by atoms with Gasteiger partial charge in [-0.05, 0) is 42.9 Å². The molecule has 0 aromatic heterocycles. The van der Waals surface area contributed by atoms with Gasteiger partial charge in [-0.1, -0.05) is 36.4 Å². The first-order chi connectivity index (χ1) is 12.7. The highest BCUT2D eigenvalue weighted by Crippen LogP contribution is 2.21. The van der Waals surface area contributed by atoms with Crippen molar-refractivity contribution in [2.45, 2.75) is 25.4 Å². The number of hydrogen-bond donors (Lipinski definition) is 2. The number of carbonyl (C=O) groups is 1. The first-order valence-corrected chi connectivity index (χ1v) is 9.11. The number of methoxy groups -OCH3 is 1. The van der Waals surface area contributed by atoms with Crippen LogP contribution in [0.2, 0.25) is 0 Å². The maximum Gasteiger partial charge on any atom is 0.322 e. The highest BCUT2D eigenvalue weighted by molar-refractivity contribution is 5.91. The van der Waals surface area contributed by atoms with Crippen LogP contribution in [-0.4, -0.2) is 32.9 Å². The van der Waals surface area contributed by atoms with Crippen LogP contribution in [0.5, 0.6) is 5.75 Å². The molecule has 1 aliphatic rings. The standard InChI is InChI=1S/C21H27N3O2/c1-24(18-9-6-10-19(14-18)26-2)21(25)23-20-12-11-17(15-22-20)13-16-7-4-3-5-8-16/h3-10,14,17,20,22H,11-13,15H2,1-2H3,(H,23,25)/t17-,20+/m0/s1. The molecule has 3 rings (SSSR count). The summed E-state index contributed by atoms with van der Waals surface area (Å²) in [4.78, 5) is 14.1. The molecule has 1 aliphatic heterocycles. The summed E-state index contributed by atoms with van der Waals surface area (Å²) in [5, 5.41) is 6.54. The number of anilines is 1. The van der Waals surface area contributed by atoms with E-state index in [0.29, 0.717) is 5.92 Å². The molecule has 26 heavy (non-hydrogen) atoms. The first kappa shape index (κ1) is 18.3. The summed E-state index contributed by atoms with van der Waals surface area (Å²) in [6.45, 7) is 0.919. The number of benzene rings is 2. The number of nitrogens with zero attached hydrogens (tertiary/aromatic N) is 1. The van der Waals surface area contributed by atoms with E-state index >= 15 is 0 Å². The lowest BCUT2D eigenvalue weighted by atomic mass is 9.91. The summed E-state index contributed by atoms with van der Waals surface area (Å²) < 4.78 is 5.22. The number of hydrogen-bond acceptors (Lipinski definition) is 3. The summed E-state index contributed by atoms with van der Waals surface area (Å²) in [6.07, 6.45) is 3.14. The minimum atomic E-state index is -0.114. The zero-order valence-electron chi connectivity index (χ0n) is 15.4. The lowest BCUT2D eigenvalue weighted by molar-refractivity contribution is 0.228. The fourth-order valence-corrected chi connectivity index (χ4v) is 3.34. The average Bonchev–Trinajstić information content (AvgIpc) is 2.69. The van der Waals surface area contributed by atoms with Crippen LogP contribution >= 0.6 is 0 Å². The lowest BCUT2D eigenvalue weighted by Gasteiger charge is -2.31. The topological polar surface area (TPSA) is 53.6 Å². The third-order valence-corrected chi connectivity index (χ3v) is 4.93. The Morgan fingerprint density at radius 1 is 1.19 bits per heavy atom. The summed E-state index contributed by atoms with van der Waals surface area (Å²) in [6, 6.07) is 18.0. The molecule has 0 bridgehead atoms. The van der Waals surface area contributed by atoms with Crippen molar-refractivity contribution in [3.05, 3.63) is 60.2 Å². The van der Waals surface area contributed by atoms with E-state index in [4.69, 9.17) is 4.74 Å². The lowest BCUT2D eigenvalue weighted by Crippen LogP contribution is -2.53. The second-order valence-electron chi connectivity index (χ2n) is 6.80. The molecule has 2 amide bonds. The van der Waals surface area contributed by atoms with Crippen LogP contribution in [-0.2, 0) is 6.42 Å². The number of amides is 2. The molecule has 2 aromatic rings. The third kappa shape index (κ3) is 4.76. The van der Waals surface area contributed by atoms with E-state index in [2.05, 4.69) is 34.9 Å². The molecule has 2 N–H and O–H groups in total. The Morgan fingerprint density at radius 2 is 2.00 bits per heavy atom. The molecule has 2 atom stereocenters. The molecule has 0 unspecified atom stereocenters. The Morgan fingerprint density at radius 3 is 2.69 bits per heavy atom. The Hall–Kier alpha value is -2.53. The van der Waals surface area contributed by atoms with Gasteiger partial charge in [-0.15, -0.1) is 0 Å². The summed E-state index contributed by atoms with van der Waals surface area (Å²) in [5.74, 6) is 1.35. The van der Waals surface area contributed by atoms with Crippen molar-refractivity contribution < 1.29 is 9.53 Å². The van der Waals surface area contributed by atoms with E-state index < -0.39 is 0 Å². The number of ether oxygens (including phenoxy) is 1. The molecule has 0 saturated carbocycles. The van der Waals surface area contributed by atoms with Crippen LogP contribution in [0.25, 0.3) is 0 Å². The van der Waals surface area contributed by atoms with Crippen LogP contribution in [0.1, 0.15) is 18.4 Å². The zero-order valence-corrected chi connectivity index (χ0v) is 15.4. The van der Waals surface area contributed by atoms with Crippen molar-refractivity contribution in [3.63, 3.8) is 0 Å². The maximum absolute atomic E-state index is 12.5. The Bertz CT molecular complexity index is 712. The summed E-state index contributed by atoms with van der Waals surface area (Å²) in [7, 11) is 3.39. The second-order valence-corrected chi connectivity index (χ2v) is 6.80. The molecule has 1 saturated heterocycles. The number of carbonyl (C=O) groups excluding carboxylic acids is 1. The van der Waals surface area contributed by atoms with Gasteiger partial charge in [0.05, 0.1) is 13.3 Å². The van der Waals surface area contributed by atoms with Crippen LogP contribution in [0.15, 0.2) is 54.6 Å². The number of piperidine rings is 1. The van der Waals surface area contributed by atoms with Crippen LogP contribution in [0, 0.1) is 5.92 Å². The number of urea groups is 1. The van der Waals surface area contributed by atoms with Gasteiger partial charge in [0, 0.05) is 25.3 Å². The Kier molecular flexibility index (Phi) is 6.12. The van der Waals surface area contributed by atoms with Gasteiger partial charge in [-0.2, -0.15) is 0 Å². The van der Waals surface area contributed by atoms with E-state index in [1.54, 1.807) is 19.1 Å². The van der Waals surface area contributed by atoms with Crippen molar-refractivity contribution in [3.8, 4) is 5.75 Å². The molecule has 1 heterocycles. The van der Waals surface area contributed by atoms with Gasteiger partial charge in [0.15, 0.2) is 0 Å². The van der Waals surface area contributed by atoms with Gasteiger partial charge < -0.3 is 10.1 Å². The van der Waals surface area contributed by atoms with Crippen molar-refractivity contribution in [2.24, 2.45) is 5.92 Å². The minimum Gasteiger partial charge on any atom is -0.497 e. The average molecular weight is 353 g/mol. The van der Waals surface area contributed by atoms with Gasteiger partial charge in [-0.3, -0.25) is 10.2 Å². The molecule has 5 heteroatoms. The van der Waals surface area contributed by atoms with Gasteiger partial charge >= 0.3 is 6.03 Å². The smallest absolute Gasteiger partial charge is 0.322 e. The van der Waals surface area contributed by atoms with Crippen LogP contribution in [0.4, 0.5) is 10.5 Å². The molecule has 138 valence electrons. The molecule has 0 aliphatic carbocycles. The second kappa shape index (κ2) is 8.72. The normalized spacial score (nSPS) is 19.6. The van der Waals surface area contributed by atoms with E-state index in [-0.39, 0.29) is 12.2 Å².